The maximum absolute atomic E-state index is 12.8. The fraction of sp³-hybridized carbons (Fsp3) is 0.194. The van der Waals surface area contributed by atoms with E-state index in [0.717, 1.165) is 33.5 Å². The molecule has 0 saturated heterocycles. The number of carbonyl (C=O) groups excluding carboxylic acids is 1. The van der Waals surface area contributed by atoms with E-state index >= 15 is 0 Å². The van der Waals surface area contributed by atoms with E-state index in [4.69, 9.17) is 14.5 Å². The SMILES string of the molecule is COc1ccc(-c2cc(-c3ccc(C)cc3)nc(SCC(=O)Nc3ccc(C)c(C)c3)c2C#N)cc1OC. The molecule has 6 nitrogen and oxygen atoms in total. The lowest BCUT2D eigenvalue weighted by Gasteiger charge is -2.15. The molecule has 1 heterocycles. The van der Waals surface area contributed by atoms with Gasteiger partial charge in [0, 0.05) is 16.8 Å². The molecule has 1 aromatic heterocycles. The molecule has 0 bridgehead atoms. The predicted octanol–water partition coefficient (Wildman–Crippen LogP) is 6.96. The summed E-state index contributed by atoms with van der Waals surface area (Å²) in [7, 11) is 3.16. The van der Waals surface area contributed by atoms with E-state index in [-0.39, 0.29) is 11.7 Å². The van der Waals surface area contributed by atoms with Crippen molar-refractivity contribution in [2.24, 2.45) is 0 Å². The second-order valence-electron chi connectivity index (χ2n) is 8.92. The molecule has 1 amide bonds. The van der Waals surface area contributed by atoms with Crippen LogP contribution in [0.1, 0.15) is 22.3 Å². The molecule has 0 aliphatic heterocycles. The Morgan fingerprint density at radius 3 is 2.26 bits per heavy atom. The number of nitrogens with zero attached hydrogens (tertiary/aromatic N) is 2. The molecule has 0 atom stereocenters. The van der Waals surface area contributed by atoms with Gasteiger partial charge in [-0.15, -0.1) is 0 Å². The Hall–Kier alpha value is -4.28. The number of anilines is 1. The van der Waals surface area contributed by atoms with Crippen LogP contribution in [-0.4, -0.2) is 30.9 Å². The Bertz CT molecular complexity index is 1530. The number of rotatable bonds is 8. The Balaban J connectivity index is 1.73. The first-order chi connectivity index (χ1) is 18.3. The van der Waals surface area contributed by atoms with Crippen LogP contribution >= 0.6 is 11.8 Å². The van der Waals surface area contributed by atoms with Gasteiger partial charge in [0.1, 0.15) is 11.1 Å². The zero-order valence-corrected chi connectivity index (χ0v) is 22.9. The van der Waals surface area contributed by atoms with Gasteiger partial charge in [0.15, 0.2) is 11.5 Å². The van der Waals surface area contributed by atoms with Gasteiger partial charge in [-0.05, 0) is 67.8 Å². The highest BCUT2D eigenvalue weighted by atomic mass is 32.2. The van der Waals surface area contributed by atoms with Crippen molar-refractivity contribution in [1.82, 2.24) is 4.98 Å². The smallest absolute Gasteiger partial charge is 0.234 e. The molecule has 4 aromatic rings. The van der Waals surface area contributed by atoms with Crippen LogP contribution in [0.5, 0.6) is 11.5 Å². The molecule has 0 saturated carbocycles. The largest absolute Gasteiger partial charge is 0.493 e. The average molecular weight is 524 g/mol. The standard InChI is InChI=1S/C31H29N3O3S/c1-19-6-9-22(10-7-19)27-16-25(23-11-13-28(36-4)29(15-23)37-5)26(17-32)31(34-27)38-18-30(35)33-24-12-8-20(2)21(3)14-24/h6-16H,18H2,1-5H3,(H,33,35). The number of aryl methyl sites for hydroxylation is 3. The third-order valence-electron chi connectivity index (χ3n) is 6.27. The van der Waals surface area contributed by atoms with E-state index in [1.54, 1.807) is 14.2 Å². The van der Waals surface area contributed by atoms with Crippen molar-refractivity contribution >= 4 is 23.4 Å². The topological polar surface area (TPSA) is 84.2 Å². The van der Waals surface area contributed by atoms with E-state index in [1.807, 2.05) is 87.5 Å². The van der Waals surface area contributed by atoms with Crippen LogP contribution in [0.25, 0.3) is 22.4 Å². The van der Waals surface area contributed by atoms with E-state index in [9.17, 15) is 10.1 Å². The molecule has 7 heteroatoms. The molecule has 0 spiro atoms. The summed E-state index contributed by atoms with van der Waals surface area (Å²) in [6.45, 7) is 6.07. The Morgan fingerprint density at radius 2 is 1.61 bits per heavy atom. The summed E-state index contributed by atoms with van der Waals surface area (Å²) in [4.78, 5) is 17.6. The number of ether oxygens (including phenoxy) is 2. The highest BCUT2D eigenvalue weighted by molar-refractivity contribution is 8.00. The zero-order valence-electron chi connectivity index (χ0n) is 22.1. The molecule has 0 unspecified atom stereocenters. The van der Waals surface area contributed by atoms with Gasteiger partial charge >= 0.3 is 0 Å². The van der Waals surface area contributed by atoms with Crippen LogP contribution in [0.3, 0.4) is 0 Å². The van der Waals surface area contributed by atoms with Crippen LogP contribution in [0, 0.1) is 32.1 Å². The minimum atomic E-state index is -0.169. The van der Waals surface area contributed by atoms with Gasteiger partial charge in [0.05, 0.1) is 31.2 Å². The fourth-order valence-corrected chi connectivity index (χ4v) is 4.79. The van der Waals surface area contributed by atoms with Crippen LogP contribution in [0.2, 0.25) is 0 Å². The molecular weight excluding hydrogens is 494 g/mol. The monoisotopic (exact) mass is 523 g/mol. The number of pyridine rings is 1. The van der Waals surface area contributed by atoms with Crippen LogP contribution < -0.4 is 14.8 Å². The van der Waals surface area contributed by atoms with Crippen molar-refractivity contribution in [2.45, 2.75) is 25.8 Å². The number of aromatic nitrogens is 1. The highest BCUT2D eigenvalue weighted by Gasteiger charge is 2.18. The number of amides is 1. The van der Waals surface area contributed by atoms with Crippen molar-refractivity contribution in [2.75, 3.05) is 25.3 Å². The Kier molecular flexibility index (Phi) is 8.35. The first-order valence-corrected chi connectivity index (χ1v) is 13.1. The summed E-state index contributed by atoms with van der Waals surface area (Å²) in [6.07, 6.45) is 0. The summed E-state index contributed by atoms with van der Waals surface area (Å²) >= 11 is 1.24. The summed E-state index contributed by atoms with van der Waals surface area (Å²) in [5.74, 6) is 1.10. The van der Waals surface area contributed by atoms with E-state index in [1.165, 1.54) is 11.8 Å². The predicted molar refractivity (Wildman–Crippen MR) is 153 cm³/mol. The summed E-state index contributed by atoms with van der Waals surface area (Å²) in [6, 6.07) is 23.6. The maximum Gasteiger partial charge on any atom is 0.234 e. The van der Waals surface area contributed by atoms with Crippen molar-refractivity contribution < 1.29 is 14.3 Å². The third kappa shape index (κ3) is 5.99. The molecule has 3 aromatic carbocycles. The van der Waals surface area contributed by atoms with Crippen LogP contribution in [0.15, 0.2) is 71.8 Å². The van der Waals surface area contributed by atoms with E-state index in [2.05, 4.69) is 11.4 Å². The number of hydrogen-bond acceptors (Lipinski definition) is 6. The second kappa shape index (κ2) is 11.8. The number of benzene rings is 3. The summed E-state index contributed by atoms with van der Waals surface area (Å²) in [5.41, 5.74) is 7.68. The molecule has 0 aliphatic carbocycles. The third-order valence-corrected chi connectivity index (χ3v) is 7.25. The minimum Gasteiger partial charge on any atom is -0.493 e. The molecule has 1 N–H and O–H groups in total. The quantitative estimate of drug-likeness (QED) is 0.251. The molecule has 192 valence electrons. The van der Waals surface area contributed by atoms with E-state index in [0.29, 0.717) is 33.3 Å². The van der Waals surface area contributed by atoms with Crippen molar-refractivity contribution in [3.8, 4) is 40.0 Å². The van der Waals surface area contributed by atoms with Gasteiger partial charge < -0.3 is 14.8 Å². The lowest BCUT2D eigenvalue weighted by atomic mass is 9.98. The number of hydrogen-bond donors (Lipinski definition) is 1. The molecule has 0 radical (unpaired) electrons. The number of carbonyl (C=O) groups is 1. The molecule has 0 fully saturated rings. The van der Waals surface area contributed by atoms with Gasteiger partial charge in [-0.2, -0.15) is 5.26 Å². The number of thioether (sulfide) groups is 1. The van der Waals surface area contributed by atoms with Crippen molar-refractivity contribution in [1.29, 1.82) is 5.26 Å². The number of methoxy groups -OCH3 is 2. The fourth-order valence-electron chi connectivity index (χ4n) is 3.99. The Morgan fingerprint density at radius 1 is 0.895 bits per heavy atom. The van der Waals surface area contributed by atoms with Gasteiger partial charge in [0.2, 0.25) is 5.91 Å². The minimum absolute atomic E-state index is 0.108. The summed E-state index contributed by atoms with van der Waals surface area (Å²) in [5, 5.41) is 13.6. The van der Waals surface area contributed by atoms with Crippen LogP contribution in [-0.2, 0) is 4.79 Å². The van der Waals surface area contributed by atoms with Gasteiger partial charge in [-0.3, -0.25) is 4.79 Å². The number of nitriles is 1. The molecule has 0 aliphatic rings. The lowest BCUT2D eigenvalue weighted by Crippen LogP contribution is -2.14. The van der Waals surface area contributed by atoms with Crippen LogP contribution in [0.4, 0.5) is 5.69 Å². The first kappa shape index (κ1) is 26.8. The first-order valence-electron chi connectivity index (χ1n) is 12.1. The lowest BCUT2D eigenvalue weighted by molar-refractivity contribution is -0.113. The maximum atomic E-state index is 12.8. The highest BCUT2D eigenvalue weighted by Crippen LogP contribution is 2.38. The molecular formula is C31H29N3O3S. The Labute approximate surface area is 227 Å². The van der Waals surface area contributed by atoms with Crippen molar-refractivity contribution in [3.63, 3.8) is 0 Å². The van der Waals surface area contributed by atoms with E-state index < -0.39 is 0 Å². The van der Waals surface area contributed by atoms with Gasteiger partial charge in [-0.1, -0.05) is 53.7 Å². The van der Waals surface area contributed by atoms with Gasteiger partial charge in [-0.25, -0.2) is 4.98 Å². The van der Waals surface area contributed by atoms with Crippen molar-refractivity contribution in [3.05, 3.63) is 89.0 Å². The normalized spacial score (nSPS) is 10.5. The summed E-state index contributed by atoms with van der Waals surface area (Å²) < 4.78 is 10.9. The molecule has 38 heavy (non-hydrogen) atoms. The van der Waals surface area contributed by atoms with Gasteiger partial charge in [0.25, 0.3) is 0 Å². The average Bonchev–Trinajstić information content (AvgIpc) is 2.93. The number of nitrogens with one attached hydrogen (secondary N) is 1. The molecule has 4 rings (SSSR count). The second-order valence-corrected chi connectivity index (χ2v) is 9.88. The zero-order chi connectivity index (χ0) is 27.2.